The van der Waals surface area contributed by atoms with E-state index >= 15 is 0 Å². The van der Waals surface area contributed by atoms with Crippen LogP contribution in [0.1, 0.15) is 10.4 Å². The second-order valence-corrected chi connectivity index (χ2v) is 3.65. The molecule has 0 atom stereocenters. The van der Waals surface area contributed by atoms with Gasteiger partial charge in [0.2, 0.25) is 5.88 Å². The van der Waals surface area contributed by atoms with Crippen LogP contribution in [0.4, 0.5) is 0 Å². The summed E-state index contributed by atoms with van der Waals surface area (Å²) in [5, 5.41) is 16.7. The Labute approximate surface area is 109 Å². The van der Waals surface area contributed by atoms with E-state index in [0.29, 0.717) is 16.9 Å². The van der Waals surface area contributed by atoms with Crippen molar-refractivity contribution in [3.8, 4) is 22.8 Å². The summed E-state index contributed by atoms with van der Waals surface area (Å²) in [7, 11) is 2.87. The normalized spacial score (nSPS) is 10.0. The highest BCUT2D eigenvalue weighted by atomic mass is 16.5. The first kappa shape index (κ1) is 12.8. The number of carbonyl (C=O) groups is 1. The number of aromatic nitrogens is 2. The molecule has 6 nitrogen and oxygen atoms in total. The number of aromatic carboxylic acids is 1. The third-order valence-electron chi connectivity index (χ3n) is 2.62. The first-order valence-corrected chi connectivity index (χ1v) is 5.45. The van der Waals surface area contributed by atoms with Gasteiger partial charge in [-0.3, -0.25) is 0 Å². The van der Waals surface area contributed by atoms with E-state index in [2.05, 4.69) is 10.2 Å². The zero-order chi connectivity index (χ0) is 13.8. The Kier molecular flexibility index (Phi) is 3.61. The molecule has 0 aliphatic heterocycles. The number of rotatable bonds is 4. The summed E-state index contributed by atoms with van der Waals surface area (Å²) in [6.07, 6.45) is 1.38. The van der Waals surface area contributed by atoms with Crippen molar-refractivity contribution in [3.63, 3.8) is 0 Å². The molecule has 0 bridgehead atoms. The predicted molar refractivity (Wildman–Crippen MR) is 67.5 cm³/mol. The lowest BCUT2D eigenvalue weighted by Crippen LogP contribution is -2.06. The lowest BCUT2D eigenvalue weighted by molar-refractivity contribution is 0.0693. The number of carboxylic acid groups (broad SMARTS) is 1. The van der Waals surface area contributed by atoms with Gasteiger partial charge in [-0.2, -0.15) is 5.10 Å². The zero-order valence-corrected chi connectivity index (χ0v) is 10.5. The first-order valence-electron chi connectivity index (χ1n) is 5.45. The highest BCUT2D eigenvalue weighted by molar-refractivity contribution is 5.98. The topological polar surface area (TPSA) is 81.5 Å². The highest BCUT2D eigenvalue weighted by Crippen LogP contribution is 2.34. The van der Waals surface area contributed by atoms with Gasteiger partial charge in [0.1, 0.15) is 11.3 Å². The van der Waals surface area contributed by atoms with Gasteiger partial charge < -0.3 is 14.6 Å². The van der Waals surface area contributed by atoms with Crippen molar-refractivity contribution in [2.75, 3.05) is 14.2 Å². The summed E-state index contributed by atoms with van der Waals surface area (Å²) in [4.78, 5) is 11.4. The van der Waals surface area contributed by atoms with Crippen molar-refractivity contribution in [2.24, 2.45) is 0 Å². The van der Waals surface area contributed by atoms with Crippen molar-refractivity contribution in [1.29, 1.82) is 0 Å². The van der Waals surface area contributed by atoms with Crippen LogP contribution in [0.25, 0.3) is 11.1 Å². The summed E-state index contributed by atoms with van der Waals surface area (Å²) in [5.41, 5.74) is 0.981. The Hall–Kier alpha value is -2.63. The molecule has 2 aromatic rings. The number of nitrogens with zero attached hydrogens (tertiary/aromatic N) is 2. The van der Waals surface area contributed by atoms with Gasteiger partial charge in [-0.25, -0.2) is 4.79 Å². The third-order valence-corrected chi connectivity index (χ3v) is 2.62. The van der Waals surface area contributed by atoms with E-state index in [0.717, 1.165) is 0 Å². The number of hydrogen-bond donors (Lipinski definition) is 1. The summed E-state index contributed by atoms with van der Waals surface area (Å²) in [6.45, 7) is 0. The van der Waals surface area contributed by atoms with Crippen LogP contribution in [0.15, 0.2) is 30.5 Å². The molecule has 2 rings (SSSR count). The quantitative estimate of drug-likeness (QED) is 0.903. The van der Waals surface area contributed by atoms with Crippen molar-refractivity contribution in [1.82, 2.24) is 10.2 Å². The highest BCUT2D eigenvalue weighted by Gasteiger charge is 2.21. The summed E-state index contributed by atoms with van der Waals surface area (Å²) in [5.74, 6) is -0.608. The van der Waals surface area contributed by atoms with Crippen molar-refractivity contribution >= 4 is 5.97 Å². The van der Waals surface area contributed by atoms with Crippen LogP contribution in [-0.4, -0.2) is 35.5 Å². The smallest absolute Gasteiger partial charge is 0.341 e. The monoisotopic (exact) mass is 260 g/mol. The molecule has 0 unspecified atom stereocenters. The number of para-hydroxylation sites is 1. The number of methoxy groups -OCH3 is 2. The first-order chi connectivity index (χ1) is 9.19. The van der Waals surface area contributed by atoms with Gasteiger partial charge in [0.25, 0.3) is 0 Å². The van der Waals surface area contributed by atoms with Gasteiger partial charge >= 0.3 is 5.97 Å². The molecule has 1 N–H and O–H groups in total. The molecule has 6 heteroatoms. The molecule has 1 aromatic heterocycles. The van der Waals surface area contributed by atoms with Crippen LogP contribution < -0.4 is 9.47 Å². The number of hydrogen-bond acceptors (Lipinski definition) is 5. The van der Waals surface area contributed by atoms with Crippen molar-refractivity contribution in [3.05, 3.63) is 36.0 Å². The van der Waals surface area contributed by atoms with Gasteiger partial charge in [0.15, 0.2) is 0 Å². The SMILES string of the molecule is COc1ccccc1-c1cnnc(OC)c1C(=O)O. The summed E-state index contributed by atoms with van der Waals surface area (Å²) < 4.78 is 10.2. The van der Waals surface area contributed by atoms with Crippen molar-refractivity contribution in [2.45, 2.75) is 0 Å². The fraction of sp³-hybridized carbons (Fsp3) is 0.154. The number of carboxylic acids is 1. The second kappa shape index (κ2) is 5.34. The number of benzene rings is 1. The standard InChI is InChI=1S/C13H12N2O4/c1-18-10-6-4-3-5-8(10)9-7-14-15-12(19-2)11(9)13(16)17/h3-7H,1-2H3,(H,16,17). The maximum atomic E-state index is 11.4. The van der Waals surface area contributed by atoms with E-state index in [4.69, 9.17) is 9.47 Å². The Morgan fingerprint density at radius 2 is 1.89 bits per heavy atom. The van der Waals surface area contributed by atoms with E-state index in [-0.39, 0.29) is 11.4 Å². The Bertz CT molecular complexity index is 613. The third kappa shape index (κ3) is 2.33. The van der Waals surface area contributed by atoms with Crippen molar-refractivity contribution < 1.29 is 19.4 Å². The Morgan fingerprint density at radius 1 is 1.16 bits per heavy atom. The van der Waals surface area contributed by atoms with Gasteiger partial charge in [-0.15, -0.1) is 5.10 Å². The molecule has 0 amide bonds. The Morgan fingerprint density at radius 3 is 2.53 bits per heavy atom. The van der Waals surface area contributed by atoms with E-state index < -0.39 is 5.97 Å². The minimum atomic E-state index is -1.13. The van der Waals surface area contributed by atoms with Crippen LogP contribution in [0.5, 0.6) is 11.6 Å². The minimum absolute atomic E-state index is 0.0316. The molecule has 0 saturated heterocycles. The van der Waals surface area contributed by atoms with Gasteiger partial charge in [-0.1, -0.05) is 18.2 Å². The van der Waals surface area contributed by atoms with Gasteiger partial charge in [-0.05, 0) is 6.07 Å². The molecule has 0 saturated carbocycles. The average molecular weight is 260 g/mol. The van der Waals surface area contributed by atoms with Gasteiger partial charge in [0.05, 0.1) is 20.4 Å². The lowest BCUT2D eigenvalue weighted by Gasteiger charge is -2.11. The molecule has 1 aromatic carbocycles. The molecule has 19 heavy (non-hydrogen) atoms. The van der Waals surface area contributed by atoms with Crippen LogP contribution in [-0.2, 0) is 0 Å². The molecule has 0 spiro atoms. The maximum Gasteiger partial charge on any atom is 0.341 e. The molecular weight excluding hydrogens is 248 g/mol. The molecule has 0 aliphatic rings. The van der Waals surface area contributed by atoms with Crippen LogP contribution in [0.2, 0.25) is 0 Å². The van der Waals surface area contributed by atoms with E-state index in [1.165, 1.54) is 20.4 Å². The number of ether oxygens (including phenoxy) is 2. The summed E-state index contributed by atoms with van der Waals surface area (Å²) >= 11 is 0. The van der Waals surface area contributed by atoms with E-state index in [1.54, 1.807) is 24.3 Å². The van der Waals surface area contributed by atoms with Crippen LogP contribution >= 0.6 is 0 Å². The van der Waals surface area contributed by atoms with E-state index in [1.807, 2.05) is 0 Å². The fourth-order valence-electron chi connectivity index (χ4n) is 1.79. The average Bonchev–Trinajstić information content (AvgIpc) is 2.46. The predicted octanol–water partition coefficient (Wildman–Crippen LogP) is 1.86. The molecule has 0 radical (unpaired) electrons. The second-order valence-electron chi connectivity index (χ2n) is 3.65. The lowest BCUT2D eigenvalue weighted by atomic mass is 10.0. The van der Waals surface area contributed by atoms with E-state index in [9.17, 15) is 9.90 Å². The zero-order valence-electron chi connectivity index (χ0n) is 10.5. The molecule has 98 valence electrons. The van der Waals surface area contributed by atoms with Crippen LogP contribution in [0, 0.1) is 0 Å². The maximum absolute atomic E-state index is 11.4. The summed E-state index contributed by atoms with van der Waals surface area (Å²) in [6, 6.07) is 7.08. The van der Waals surface area contributed by atoms with Crippen LogP contribution in [0.3, 0.4) is 0 Å². The Balaban J connectivity index is 2.71. The molecule has 0 fully saturated rings. The largest absolute Gasteiger partial charge is 0.496 e. The minimum Gasteiger partial charge on any atom is -0.496 e. The molecule has 1 heterocycles. The molecular formula is C13H12N2O4. The molecule has 0 aliphatic carbocycles. The van der Waals surface area contributed by atoms with Gasteiger partial charge in [0, 0.05) is 11.1 Å². The fourth-order valence-corrected chi connectivity index (χ4v) is 1.79.